The van der Waals surface area contributed by atoms with Gasteiger partial charge in [-0.3, -0.25) is 29.8 Å². The van der Waals surface area contributed by atoms with Crippen LogP contribution < -0.4 is 9.64 Å². The molecule has 0 spiro atoms. The highest BCUT2D eigenvalue weighted by Crippen LogP contribution is 2.42. The van der Waals surface area contributed by atoms with Crippen LogP contribution in [-0.2, 0) is 0 Å². The summed E-state index contributed by atoms with van der Waals surface area (Å²) < 4.78 is 5.32. The molecule has 0 aliphatic carbocycles. The monoisotopic (exact) mass is 471 g/mol. The zero-order valence-electron chi connectivity index (χ0n) is 15.1. The number of nitro groups is 2. The summed E-state index contributed by atoms with van der Waals surface area (Å²) in [4.78, 5) is 48.5. The molecule has 0 fully saturated rings. The SMILES string of the molecule is COc1cc([N+](=O)[O-])ccc1N1C(=O)c2cccc3c(Br)c([N+](=O)[O-])cc(c23)C1=O. The quantitative estimate of drug-likeness (QED) is 0.315. The van der Waals surface area contributed by atoms with Crippen molar-refractivity contribution < 1.29 is 24.2 Å². The maximum Gasteiger partial charge on any atom is 0.284 e. The van der Waals surface area contributed by atoms with E-state index in [4.69, 9.17) is 4.74 Å². The lowest BCUT2D eigenvalue weighted by Crippen LogP contribution is -2.40. The number of methoxy groups -OCH3 is 1. The standard InChI is InChI=1S/C19H10BrN3O7/c1-30-15-7-9(22(26)27)5-6-13(15)21-18(24)11-4-2-3-10-16(11)12(19(21)25)8-14(17(10)20)23(28)29/h2-8H,1H3. The van der Waals surface area contributed by atoms with Crippen molar-refractivity contribution in [1.82, 2.24) is 0 Å². The molecule has 2 amide bonds. The van der Waals surface area contributed by atoms with E-state index >= 15 is 0 Å². The molecule has 1 aliphatic heterocycles. The van der Waals surface area contributed by atoms with Crippen LogP contribution >= 0.6 is 15.9 Å². The minimum atomic E-state index is -0.800. The highest BCUT2D eigenvalue weighted by molar-refractivity contribution is 9.10. The molecule has 4 rings (SSSR count). The smallest absolute Gasteiger partial charge is 0.284 e. The third-order valence-corrected chi connectivity index (χ3v) is 5.59. The zero-order valence-corrected chi connectivity index (χ0v) is 16.7. The molecule has 10 nitrogen and oxygen atoms in total. The van der Waals surface area contributed by atoms with Gasteiger partial charge in [0.15, 0.2) is 0 Å². The fourth-order valence-corrected chi connectivity index (χ4v) is 4.02. The molecule has 0 radical (unpaired) electrons. The fourth-order valence-electron chi connectivity index (χ4n) is 3.43. The lowest BCUT2D eigenvalue weighted by molar-refractivity contribution is -0.385. The van der Waals surface area contributed by atoms with Gasteiger partial charge in [-0.2, -0.15) is 0 Å². The largest absolute Gasteiger partial charge is 0.494 e. The first kappa shape index (κ1) is 19.5. The minimum Gasteiger partial charge on any atom is -0.494 e. The predicted octanol–water partition coefficient (Wildman–Crippen LogP) is 4.23. The van der Waals surface area contributed by atoms with Crippen LogP contribution in [0.3, 0.4) is 0 Å². The number of imide groups is 1. The second-order valence-corrected chi connectivity index (χ2v) is 7.09. The maximum atomic E-state index is 13.3. The summed E-state index contributed by atoms with van der Waals surface area (Å²) in [5, 5.41) is 23.2. The van der Waals surface area contributed by atoms with Crippen molar-refractivity contribution in [1.29, 1.82) is 0 Å². The summed E-state index contributed by atoms with van der Waals surface area (Å²) in [6.45, 7) is 0. The Hall–Kier alpha value is -3.86. The van der Waals surface area contributed by atoms with Crippen LogP contribution in [0.25, 0.3) is 10.8 Å². The lowest BCUT2D eigenvalue weighted by Gasteiger charge is -2.28. The Morgan fingerprint density at radius 2 is 1.67 bits per heavy atom. The average molecular weight is 472 g/mol. The minimum absolute atomic E-state index is 0.00803. The highest BCUT2D eigenvalue weighted by Gasteiger charge is 2.38. The normalized spacial score (nSPS) is 12.9. The lowest BCUT2D eigenvalue weighted by atomic mass is 9.93. The van der Waals surface area contributed by atoms with Gasteiger partial charge in [-0.25, -0.2) is 4.90 Å². The van der Waals surface area contributed by atoms with Gasteiger partial charge in [-0.05, 0) is 28.1 Å². The Balaban J connectivity index is 2.00. The van der Waals surface area contributed by atoms with Crippen molar-refractivity contribution in [3.05, 3.63) is 78.3 Å². The van der Waals surface area contributed by atoms with E-state index in [9.17, 15) is 29.8 Å². The first-order valence-corrected chi connectivity index (χ1v) is 9.16. The first-order chi connectivity index (χ1) is 14.3. The molecule has 0 saturated heterocycles. The zero-order chi connectivity index (χ0) is 21.7. The number of non-ortho nitro benzene ring substituents is 1. The molecule has 30 heavy (non-hydrogen) atoms. The van der Waals surface area contributed by atoms with Crippen LogP contribution in [0.5, 0.6) is 5.75 Å². The number of carbonyl (C=O) groups excluding carboxylic acids is 2. The number of benzene rings is 3. The van der Waals surface area contributed by atoms with Gasteiger partial charge in [-0.1, -0.05) is 12.1 Å². The molecule has 1 heterocycles. The summed E-state index contributed by atoms with van der Waals surface area (Å²) in [5.74, 6) is -1.54. The van der Waals surface area contributed by atoms with Gasteiger partial charge in [0.25, 0.3) is 23.2 Å². The van der Waals surface area contributed by atoms with Crippen LogP contribution in [0.1, 0.15) is 20.7 Å². The summed E-state index contributed by atoms with van der Waals surface area (Å²) >= 11 is 3.19. The number of hydrogen-bond donors (Lipinski definition) is 0. The molecule has 0 unspecified atom stereocenters. The van der Waals surface area contributed by atoms with Crippen molar-refractivity contribution in [3.63, 3.8) is 0 Å². The number of ether oxygens (including phenoxy) is 1. The highest BCUT2D eigenvalue weighted by atomic mass is 79.9. The number of halogens is 1. The van der Waals surface area contributed by atoms with Gasteiger partial charge in [-0.15, -0.1) is 0 Å². The van der Waals surface area contributed by atoms with Crippen molar-refractivity contribution >= 4 is 55.6 Å². The fraction of sp³-hybridized carbons (Fsp3) is 0.0526. The van der Waals surface area contributed by atoms with E-state index in [2.05, 4.69) is 15.9 Å². The van der Waals surface area contributed by atoms with E-state index in [1.165, 1.54) is 19.2 Å². The van der Waals surface area contributed by atoms with Crippen LogP contribution in [0, 0.1) is 20.2 Å². The van der Waals surface area contributed by atoms with E-state index in [1.807, 2.05) is 0 Å². The summed E-state index contributed by atoms with van der Waals surface area (Å²) in [7, 11) is 1.25. The number of hydrogen-bond acceptors (Lipinski definition) is 7. The number of anilines is 1. The van der Waals surface area contributed by atoms with Gasteiger partial charge in [0.2, 0.25) is 0 Å². The van der Waals surface area contributed by atoms with Crippen LogP contribution in [-0.4, -0.2) is 28.8 Å². The number of nitro benzene ring substituents is 2. The summed E-state index contributed by atoms with van der Waals surface area (Å²) in [6.07, 6.45) is 0. The van der Waals surface area contributed by atoms with E-state index in [0.29, 0.717) is 10.8 Å². The molecule has 0 bridgehead atoms. The van der Waals surface area contributed by atoms with Gasteiger partial charge in [0.1, 0.15) is 10.2 Å². The molecule has 150 valence electrons. The third-order valence-electron chi connectivity index (χ3n) is 4.75. The summed E-state index contributed by atoms with van der Waals surface area (Å²) in [6, 6.07) is 9.19. The van der Waals surface area contributed by atoms with E-state index in [0.717, 1.165) is 23.1 Å². The molecular formula is C19H10BrN3O7. The van der Waals surface area contributed by atoms with Crippen molar-refractivity contribution in [2.75, 3.05) is 12.0 Å². The second-order valence-electron chi connectivity index (χ2n) is 6.30. The van der Waals surface area contributed by atoms with E-state index < -0.39 is 21.7 Å². The Kier molecular flexibility index (Phi) is 4.46. The molecule has 3 aromatic rings. The topological polar surface area (TPSA) is 133 Å². The van der Waals surface area contributed by atoms with E-state index in [1.54, 1.807) is 12.1 Å². The van der Waals surface area contributed by atoms with Gasteiger partial charge in [0, 0.05) is 28.5 Å². The molecule has 0 saturated carbocycles. The van der Waals surface area contributed by atoms with Gasteiger partial charge in [0.05, 0.1) is 34.3 Å². The van der Waals surface area contributed by atoms with Gasteiger partial charge >= 0.3 is 0 Å². The molecule has 1 aliphatic rings. The predicted molar refractivity (Wildman–Crippen MR) is 109 cm³/mol. The number of rotatable bonds is 4. The molecule has 0 atom stereocenters. The number of carbonyl (C=O) groups is 2. The van der Waals surface area contributed by atoms with Crippen molar-refractivity contribution in [2.24, 2.45) is 0 Å². The van der Waals surface area contributed by atoms with Crippen LogP contribution in [0.4, 0.5) is 17.1 Å². The van der Waals surface area contributed by atoms with Gasteiger partial charge < -0.3 is 4.74 Å². The van der Waals surface area contributed by atoms with Crippen molar-refractivity contribution in [2.45, 2.75) is 0 Å². The maximum absolute atomic E-state index is 13.3. The van der Waals surface area contributed by atoms with Crippen LogP contribution in [0.2, 0.25) is 0 Å². The van der Waals surface area contributed by atoms with Crippen LogP contribution in [0.15, 0.2) is 46.9 Å². The van der Waals surface area contributed by atoms with Crippen molar-refractivity contribution in [3.8, 4) is 5.75 Å². The Morgan fingerprint density at radius 1 is 0.967 bits per heavy atom. The first-order valence-electron chi connectivity index (χ1n) is 8.37. The second kappa shape index (κ2) is 6.88. The molecular weight excluding hydrogens is 462 g/mol. The Labute approximate surface area is 176 Å². The Bertz CT molecular complexity index is 1310. The number of nitrogens with zero attached hydrogens (tertiary/aromatic N) is 3. The molecule has 11 heteroatoms. The molecule has 0 aromatic heterocycles. The summed E-state index contributed by atoms with van der Waals surface area (Å²) in [5.41, 5.74) is -0.484. The molecule has 3 aromatic carbocycles. The number of amides is 2. The Morgan fingerprint density at radius 3 is 2.30 bits per heavy atom. The molecule has 0 N–H and O–H groups in total. The third kappa shape index (κ3) is 2.70. The van der Waals surface area contributed by atoms with E-state index in [-0.39, 0.29) is 38.4 Å². The average Bonchev–Trinajstić information content (AvgIpc) is 2.72.